The third kappa shape index (κ3) is 5.49. The van der Waals surface area contributed by atoms with Gasteiger partial charge in [-0.25, -0.2) is 0 Å². The van der Waals surface area contributed by atoms with Gasteiger partial charge in [-0.1, -0.05) is 23.7 Å². The molecule has 0 aliphatic rings. The van der Waals surface area contributed by atoms with Crippen molar-refractivity contribution < 1.29 is 9.47 Å². The van der Waals surface area contributed by atoms with Crippen LogP contribution in [0.5, 0.6) is 0 Å². The standard InChI is InChI=1S/C15H24ClNO2/c1-5-18-15(19-6-2)11-17(4)12(3)13-7-9-14(16)10-8-13/h7-10,12,15H,5-6,11H2,1-4H3. The van der Waals surface area contributed by atoms with Crippen molar-refractivity contribution >= 4 is 11.6 Å². The van der Waals surface area contributed by atoms with E-state index < -0.39 is 0 Å². The zero-order chi connectivity index (χ0) is 14.3. The normalized spacial score (nSPS) is 13.2. The number of ether oxygens (including phenoxy) is 2. The van der Waals surface area contributed by atoms with E-state index in [1.807, 2.05) is 26.0 Å². The van der Waals surface area contributed by atoms with Gasteiger partial charge in [-0.2, -0.15) is 0 Å². The van der Waals surface area contributed by atoms with Gasteiger partial charge in [-0.3, -0.25) is 4.90 Å². The van der Waals surface area contributed by atoms with Crippen molar-refractivity contribution in [1.29, 1.82) is 0 Å². The molecule has 19 heavy (non-hydrogen) atoms. The summed E-state index contributed by atoms with van der Waals surface area (Å²) in [6.45, 7) is 8.19. The predicted molar refractivity (Wildman–Crippen MR) is 79.5 cm³/mol. The van der Waals surface area contributed by atoms with E-state index in [0.29, 0.717) is 19.3 Å². The fourth-order valence-electron chi connectivity index (χ4n) is 1.91. The van der Waals surface area contributed by atoms with Crippen molar-refractivity contribution in [1.82, 2.24) is 4.90 Å². The highest BCUT2D eigenvalue weighted by molar-refractivity contribution is 6.30. The molecule has 3 nitrogen and oxygen atoms in total. The average Bonchev–Trinajstić information content (AvgIpc) is 2.39. The quantitative estimate of drug-likeness (QED) is 0.679. The van der Waals surface area contributed by atoms with Crippen LogP contribution in [0.2, 0.25) is 5.02 Å². The zero-order valence-electron chi connectivity index (χ0n) is 12.2. The summed E-state index contributed by atoms with van der Waals surface area (Å²) in [6, 6.07) is 8.24. The molecule has 0 saturated carbocycles. The number of hydrogen-bond donors (Lipinski definition) is 0. The Morgan fingerprint density at radius 1 is 1.11 bits per heavy atom. The molecule has 0 radical (unpaired) electrons. The van der Waals surface area contributed by atoms with Crippen molar-refractivity contribution in [3.05, 3.63) is 34.9 Å². The Bertz CT molecular complexity index is 350. The van der Waals surface area contributed by atoms with E-state index in [2.05, 4.69) is 31.0 Å². The van der Waals surface area contributed by atoms with Gasteiger partial charge in [0, 0.05) is 30.8 Å². The van der Waals surface area contributed by atoms with Crippen molar-refractivity contribution in [2.75, 3.05) is 26.8 Å². The second kappa shape index (κ2) is 8.54. The van der Waals surface area contributed by atoms with Gasteiger partial charge in [-0.15, -0.1) is 0 Å². The lowest BCUT2D eigenvalue weighted by Crippen LogP contribution is -2.34. The molecule has 0 fully saturated rings. The van der Waals surface area contributed by atoms with Crippen molar-refractivity contribution in [3.63, 3.8) is 0 Å². The van der Waals surface area contributed by atoms with E-state index in [-0.39, 0.29) is 6.29 Å². The van der Waals surface area contributed by atoms with Crippen LogP contribution < -0.4 is 0 Å². The number of likely N-dealkylation sites (N-methyl/N-ethyl adjacent to an activating group) is 1. The first kappa shape index (κ1) is 16.4. The maximum absolute atomic E-state index is 5.91. The number of halogens is 1. The average molecular weight is 286 g/mol. The molecule has 0 spiro atoms. The molecule has 1 atom stereocenters. The summed E-state index contributed by atoms with van der Waals surface area (Å²) in [4.78, 5) is 2.22. The van der Waals surface area contributed by atoms with E-state index in [9.17, 15) is 0 Å². The Morgan fingerprint density at radius 2 is 1.63 bits per heavy atom. The lowest BCUT2D eigenvalue weighted by Gasteiger charge is -2.29. The molecular weight excluding hydrogens is 262 g/mol. The molecule has 0 aliphatic carbocycles. The van der Waals surface area contributed by atoms with Gasteiger partial charge in [0.25, 0.3) is 0 Å². The fraction of sp³-hybridized carbons (Fsp3) is 0.600. The van der Waals surface area contributed by atoms with Crippen LogP contribution in [-0.2, 0) is 9.47 Å². The molecule has 1 unspecified atom stereocenters. The first-order chi connectivity index (χ1) is 9.08. The summed E-state index contributed by atoms with van der Waals surface area (Å²) >= 11 is 5.91. The van der Waals surface area contributed by atoms with Gasteiger partial charge in [-0.05, 0) is 45.5 Å². The van der Waals surface area contributed by atoms with Gasteiger partial charge >= 0.3 is 0 Å². The summed E-state index contributed by atoms with van der Waals surface area (Å²) < 4.78 is 11.1. The van der Waals surface area contributed by atoms with Gasteiger partial charge in [0.2, 0.25) is 0 Å². The highest BCUT2D eigenvalue weighted by Crippen LogP contribution is 2.21. The summed E-state index contributed by atoms with van der Waals surface area (Å²) in [5, 5.41) is 0.764. The van der Waals surface area contributed by atoms with Crippen LogP contribution >= 0.6 is 11.6 Å². The third-order valence-electron chi connectivity index (χ3n) is 3.16. The van der Waals surface area contributed by atoms with Crippen LogP contribution in [0.15, 0.2) is 24.3 Å². The SMILES string of the molecule is CCOC(CN(C)C(C)c1ccc(Cl)cc1)OCC. The number of rotatable bonds is 8. The van der Waals surface area contributed by atoms with Gasteiger partial charge < -0.3 is 9.47 Å². The molecule has 0 heterocycles. The largest absolute Gasteiger partial charge is 0.352 e. The van der Waals surface area contributed by atoms with E-state index in [1.54, 1.807) is 0 Å². The monoisotopic (exact) mass is 285 g/mol. The lowest BCUT2D eigenvalue weighted by atomic mass is 10.1. The fourth-order valence-corrected chi connectivity index (χ4v) is 2.04. The van der Waals surface area contributed by atoms with Crippen LogP contribution in [0.3, 0.4) is 0 Å². The predicted octanol–water partition coefficient (Wildman–Crippen LogP) is 3.73. The molecule has 108 valence electrons. The zero-order valence-corrected chi connectivity index (χ0v) is 13.0. The van der Waals surface area contributed by atoms with Crippen LogP contribution in [-0.4, -0.2) is 38.0 Å². The van der Waals surface area contributed by atoms with Crippen LogP contribution in [0.4, 0.5) is 0 Å². The Hall–Kier alpha value is -0.610. The molecule has 1 rings (SSSR count). The lowest BCUT2D eigenvalue weighted by molar-refractivity contribution is -0.147. The summed E-state index contributed by atoms with van der Waals surface area (Å²) in [5.41, 5.74) is 1.23. The Morgan fingerprint density at radius 3 is 2.11 bits per heavy atom. The molecule has 1 aromatic carbocycles. The highest BCUT2D eigenvalue weighted by atomic mass is 35.5. The topological polar surface area (TPSA) is 21.7 Å². The molecule has 0 aliphatic heterocycles. The maximum Gasteiger partial charge on any atom is 0.170 e. The first-order valence-corrected chi connectivity index (χ1v) is 7.15. The molecule has 0 aromatic heterocycles. The minimum absolute atomic E-state index is 0.172. The van der Waals surface area contributed by atoms with Crippen molar-refractivity contribution in [3.8, 4) is 0 Å². The third-order valence-corrected chi connectivity index (χ3v) is 3.41. The van der Waals surface area contributed by atoms with Crippen LogP contribution in [0, 0.1) is 0 Å². The van der Waals surface area contributed by atoms with Crippen molar-refractivity contribution in [2.45, 2.75) is 33.1 Å². The number of nitrogens with zero attached hydrogens (tertiary/aromatic N) is 1. The summed E-state index contributed by atoms with van der Waals surface area (Å²) in [7, 11) is 2.07. The molecule has 0 bridgehead atoms. The summed E-state index contributed by atoms with van der Waals surface area (Å²) in [6.07, 6.45) is -0.172. The smallest absolute Gasteiger partial charge is 0.170 e. The maximum atomic E-state index is 5.91. The van der Waals surface area contributed by atoms with Gasteiger partial charge in [0.05, 0.1) is 0 Å². The highest BCUT2D eigenvalue weighted by Gasteiger charge is 2.17. The minimum Gasteiger partial charge on any atom is -0.352 e. The molecule has 4 heteroatoms. The molecule has 1 aromatic rings. The van der Waals surface area contributed by atoms with E-state index in [0.717, 1.165) is 11.6 Å². The van der Waals surface area contributed by atoms with Crippen molar-refractivity contribution in [2.24, 2.45) is 0 Å². The van der Waals surface area contributed by atoms with E-state index in [4.69, 9.17) is 21.1 Å². The minimum atomic E-state index is -0.172. The number of hydrogen-bond acceptors (Lipinski definition) is 3. The Balaban J connectivity index is 2.59. The number of benzene rings is 1. The Kier molecular flexibility index (Phi) is 7.39. The van der Waals surface area contributed by atoms with Crippen LogP contribution in [0.1, 0.15) is 32.4 Å². The van der Waals surface area contributed by atoms with Gasteiger partial charge in [0.15, 0.2) is 6.29 Å². The molecule has 0 amide bonds. The molecule has 0 saturated heterocycles. The first-order valence-electron chi connectivity index (χ1n) is 6.77. The van der Waals surface area contributed by atoms with E-state index in [1.165, 1.54) is 5.56 Å². The summed E-state index contributed by atoms with van der Waals surface area (Å²) in [5.74, 6) is 0. The van der Waals surface area contributed by atoms with Gasteiger partial charge in [0.1, 0.15) is 0 Å². The Labute approximate surface area is 121 Å². The second-order valence-corrected chi connectivity index (χ2v) is 4.94. The van der Waals surface area contributed by atoms with E-state index >= 15 is 0 Å². The van der Waals surface area contributed by atoms with Crippen LogP contribution in [0.25, 0.3) is 0 Å². The molecule has 0 N–H and O–H groups in total. The molecular formula is C15H24ClNO2. The second-order valence-electron chi connectivity index (χ2n) is 4.51.